The van der Waals surface area contributed by atoms with E-state index in [9.17, 15) is 8.42 Å². The molecule has 0 aromatic carbocycles. The van der Waals surface area contributed by atoms with E-state index < -0.39 is 15.5 Å². The molecule has 1 aliphatic carbocycles. The third kappa shape index (κ3) is 3.43. The van der Waals surface area contributed by atoms with E-state index in [-0.39, 0.29) is 0 Å². The summed E-state index contributed by atoms with van der Waals surface area (Å²) >= 11 is 0. The Morgan fingerprint density at radius 2 is 2.00 bits per heavy atom. The molecule has 0 heterocycles. The molecular weight excluding hydrogens is 214 g/mol. The maximum atomic E-state index is 10.8. The van der Waals surface area contributed by atoms with Crippen molar-refractivity contribution < 1.29 is 13.0 Å². The average molecular weight is 235 g/mol. The quantitative estimate of drug-likeness (QED) is 0.728. The second-order valence-corrected chi connectivity index (χ2v) is 6.45. The highest BCUT2D eigenvalue weighted by Crippen LogP contribution is 2.36. The molecule has 4 unspecified atom stereocenters. The zero-order valence-electron chi connectivity index (χ0n) is 9.39. The van der Waals surface area contributed by atoms with Crippen LogP contribution in [0, 0.1) is 17.8 Å². The Hall–Kier alpha value is -0.130. The van der Waals surface area contributed by atoms with Gasteiger partial charge in [-0.2, -0.15) is 8.42 Å². The standard InChI is InChI=1S/C10H21NO3S/c1-7-4-3-5-9(8(7)2)6-10(11)15(12,13)14/h7-10H,3-6,11H2,1-2H3,(H,12,13,14). The van der Waals surface area contributed by atoms with Gasteiger partial charge in [0.1, 0.15) is 5.37 Å². The smallest absolute Gasteiger partial charge is 0.280 e. The predicted molar refractivity (Wildman–Crippen MR) is 59.8 cm³/mol. The lowest BCUT2D eigenvalue weighted by Gasteiger charge is -2.34. The molecule has 0 aromatic rings. The van der Waals surface area contributed by atoms with Gasteiger partial charge in [0.05, 0.1) is 0 Å². The van der Waals surface area contributed by atoms with Gasteiger partial charge in [-0.15, -0.1) is 0 Å². The Balaban J connectivity index is 2.58. The van der Waals surface area contributed by atoms with Crippen LogP contribution < -0.4 is 5.73 Å². The molecule has 0 radical (unpaired) electrons. The summed E-state index contributed by atoms with van der Waals surface area (Å²) in [4.78, 5) is 0. The molecule has 0 amide bonds. The topological polar surface area (TPSA) is 80.4 Å². The van der Waals surface area contributed by atoms with Crippen molar-refractivity contribution >= 4 is 10.1 Å². The molecule has 4 atom stereocenters. The monoisotopic (exact) mass is 235 g/mol. The maximum absolute atomic E-state index is 10.8. The van der Waals surface area contributed by atoms with Gasteiger partial charge in [0.2, 0.25) is 0 Å². The van der Waals surface area contributed by atoms with E-state index in [1.54, 1.807) is 0 Å². The van der Waals surface area contributed by atoms with Crippen LogP contribution in [0.5, 0.6) is 0 Å². The van der Waals surface area contributed by atoms with Gasteiger partial charge in [-0.3, -0.25) is 4.55 Å². The first-order chi connectivity index (χ1) is 6.82. The van der Waals surface area contributed by atoms with Crippen molar-refractivity contribution in [1.29, 1.82) is 0 Å². The van der Waals surface area contributed by atoms with Crippen LogP contribution in [0.4, 0.5) is 0 Å². The minimum atomic E-state index is -4.07. The van der Waals surface area contributed by atoms with Crippen LogP contribution in [0.3, 0.4) is 0 Å². The summed E-state index contributed by atoms with van der Waals surface area (Å²) in [7, 11) is -4.07. The first-order valence-electron chi connectivity index (χ1n) is 5.54. The Morgan fingerprint density at radius 3 is 2.53 bits per heavy atom. The summed E-state index contributed by atoms with van der Waals surface area (Å²) in [5.74, 6) is 1.44. The largest absolute Gasteiger partial charge is 0.313 e. The minimum absolute atomic E-state index is 0.325. The van der Waals surface area contributed by atoms with Gasteiger partial charge in [0.25, 0.3) is 10.1 Å². The number of nitrogens with two attached hydrogens (primary N) is 1. The molecule has 0 aromatic heterocycles. The van der Waals surface area contributed by atoms with Gasteiger partial charge in [-0.1, -0.05) is 33.1 Å². The van der Waals surface area contributed by atoms with Crippen molar-refractivity contribution in [3.8, 4) is 0 Å². The fraction of sp³-hybridized carbons (Fsp3) is 1.00. The highest BCUT2D eigenvalue weighted by Gasteiger charge is 2.31. The van der Waals surface area contributed by atoms with Crippen LogP contribution in [-0.2, 0) is 10.1 Å². The van der Waals surface area contributed by atoms with Gasteiger partial charge in [0, 0.05) is 0 Å². The molecule has 5 heteroatoms. The molecule has 0 spiro atoms. The van der Waals surface area contributed by atoms with Crippen LogP contribution in [-0.4, -0.2) is 18.3 Å². The summed E-state index contributed by atoms with van der Waals surface area (Å²) in [6.07, 6.45) is 3.74. The van der Waals surface area contributed by atoms with Gasteiger partial charge in [-0.25, -0.2) is 0 Å². The first kappa shape index (κ1) is 12.9. The fourth-order valence-corrected chi connectivity index (χ4v) is 2.94. The molecule has 1 aliphatic rings. The average Bonchev–Trinajstić information content (AvgIpc) is 2.11. The van der Waals surface area contributed by atoms with E-state index in [0.717, 1.165) is 12.8 Å². The van der Waals surface area contributed by atoms with Gasteiger partial charge < -0.3 is 5.73 Å². The molecule has 1 saturated carbocycles. The van der Waals surface area contributed by atoms with E-state index in [0.29, 0.717) is 24.2 Å². The fourth-order valence-electron chi connectivity index (χ4n) is 2.44. The molecule has 15 heavy (non-hydrogen) atoms. The van der Waals surface area contributed by atoms with Crippen molar-refractivity contribution in [1.82, 2.24) is 0 Å². The van der Waals surface area contributed by atoms with Crippen molar-refractivity contribution in [2.45, 2.75) is 44.9 Å². The van der Waals surface area contributed by atoms with Crippen molar-refractivity contribution in [3.63, 3.8) is 0 Å². The highest BCUT2D eigenvalue weighted by atomic mass is 32.2. The summed E-state index contributed by atoms with van der Waals surface area (Å²) in [5.41, 5.74) is 5.45. The highest BCUT2D eigenvalue weighted by molar-refractivity contribution is 7.86. The molecular formula is C10H21NO3S. The first-order valence-corrected chi connectivity index (χ1v) is 7.04. The zero-order valence-corrected chi connectivity index (χ0v) is 10.2. The molecule has 90 valence electrons. The normalized spacial score (nSPS) is 35.1. The molecule has 0 aliphatic heterocycles. The van der Waals surface area contributed by atoms with Crippen LogP contribution in [0.15, 0.2) is 0 Å². The third-order valence-corrected chi connectivity index (χ3v) is 4.75. The second kappa shape index (κ2) is 4.80. The Labute approximate surface area is 92.0 Å². The summed E-state index contributed by atoms with van der Waals surface area (Å²) < 4.78 is 30.5. The summed E-state index contributed by atoms with van der Waals surface area (Å²) in [5, 5.41) is -1.12. The van der Waals surface area contributed by atoms with Crippen molar-refractivity contribution in [3.05, 3.63) is 0 Å². The van der Waals surface area contributed by atoms with Gasteiger partial charge >= 0.3 is 0 Å². The molecule has 0 saturated heterocycles. The van der Waals surface area contributed by atoms with Crippen LogP contribution in [0.2, 0.25) is 0 Å². The van der Waals surface area contributed by atoms with Crippen LogP contribution in [0.25, 0.3) is 0 Å². The van der Waals surface area contributed by atoms with E-state index in [2.05, 4.69) is 13.8 Å². The van der Waals surface area contributed by atoms with Gasteiger partial charge in [0.15, 0.2) is 0 Å². The van der Waals surface area contributed by atoms with E-state index in [1.807, 2.05) is 0 Å². The molecule has 1 fully saturated rings. The lowest BCUT2D eigenvalue weighted by Crippen LogP contribution is -2.36. The SMILES string of the molecule is CC1CCCC(CC(N)S(=O)(=O)O)C1C. The summed E-state index contributed by atoms with van der Waals surface area (Å²) in [6.45, 7) is 4.33. The maximum Gasteiger partial charge on any atom is 0.280 e. The minimum Gasteiger partial charge on any atom is -0.313 e. The number of hydrogen-bond donors (Lipinski definition) is 2. The number of rotatable bonds is 3. The van der Waals surface area contributed by atoms with E-state index in [1.165, 1.54) is 6.42 Å². The van der Waals surface area contributed by atoms with E-state index in [4.69, 9.17) is 10.3 Å². The predicted octanol–water partition coefficient (Wildman–Crippen LogP) is 1.62. The Bertz CT molecular complexity index is 302. The van der Waals surface area contributed by atoms with Crippen molar-refractivity contribution in [2.24, 2.45) is 23.5 Å². The summed E-state index contributed by atoms with van der Waals surface area (Å²) in [6, 6.07) is 0. The molecule has 0 bridgehead atoms. The Morgan fingerprint density at radius 1 is 1.40 bits per heavy atom. The lowest BCUT2D eigenvalue weighted by atomic mass is 9.72. The van der Waals surface area contributed by atoms with E-state index >= 15 is 0 Å². The zero-order chi connectivity index (χ0) is 11.6. The molecule has 3 N–H and O–H groups in total. The Kier molecular flexibility index (Phi) is 4.14. The van der Waals surface area contributed by atoms with Crippen LogP contribution >= 0.6 is 0 Å². The third-order valence-electron chi connectivity index (χ3n) is 3.79. The second-order valence-electron chi connectivity index (χ2n) is 4.82. The van der Waals surface area contributed by atoms with Crippen molar-refractivity contribution in [2.75, 3.05) is 0 Å². The van der Waals surface area contributed by atoms with Crippen LogP contribution in [0.1, 0.15) is 39.5 Å². The lowest BCUT2D eigenvalue weighted by molar-refractivity contribution is 0.171. The molecule has 4 nitrogen and oxygen atoms in total. The molecule has 1 rings (SSSR count). The van der Waals surface area contributed by atoms with Gasteiger partial charge in [-0.05, 0) is 24.2 Å². The number of hydrogen-bond acceptors (Lipinski definition) is 3.